The number of benzene rings is 2. The molecule has 2 N–H and O–H groups in total. The van der Waals surface area contributed by atoms with Crippen LogP contribution in [0, 0.1) is 11.3 Å². The number of para-hydroxylation sites is 2. The minimum Gasteiger partial charge on any atom is -0.392 e. The van der Waals surface area contributed by atoms with Gasteiger partial charge in [-0.25, -0.2) is 4.98 Å². The van der Waals surface area contributed by atoms with Crippen LogP contribution in [0.25, 0.3) is 11.0 Å². The Labute approximate surface area is 134 Å². The van der Waals surface area contributed by atoms with Crippen molar-refractivity contribution in [2.24, 2.45) is 0 Å². The number of fused-ring (bicyclic) bond motifs is 1. The summed E-state index contributed by atoms with van der Waals surface area (Å²) in [5.41, 5.74) is 3.68. The van der Waals surface area contributed by atoms with Crippen LogP contribution >= 0.6 is 0 Å². The predicted molar refractivity (Wildman–Crippen MR) is 90.2 cm³/mol. The molecule has 3 rings (SSSR count). The maximum absolute atomic E-state index is 9.50. The highest BCUT2D eigenvalue weighted by Crippen LogP contribution is 2.21. The lowest BCUT2D eigenvalue weighted by Gasteiger charge is -2.12. The van der Waals surface area contributed by atoms with Crippen molar-refractivity contribution in [3.05, 3.63) is 59.7 Å². The number of nitriles is 1. The highest BCUT2D eigenvalue weighted by Gasteiger charge is 2.11. The molecule has 5 heteroatoms. The number of rotatable bonds is 5. The molecule has 0 spiro atoms. The van der Waals surface area contributed by atoms with Crippen LogP contribution in [0.2, 0.25) is 0 Å². The van der Waals surface area contributed by atoms with Crippen LogP contribution in [0.5, 0.6) is 0 Å². The molecule has 1 atom stereocenters. The first-order valence-corrected chi connectivity index (χ1v) is 7.53. The fraction of sp³-hybridized carbons (Fsp3) is 0.222. The molecule has 0 saturated heterocycles. The highest BCUT2D eigenvalue weighted by atomic mass is 16.3. The van der Waals surface area contributed by atoms with E-state index in [0.29, 0.717) is 18.7 Å². The lowest BCUT2D eigenvalue weighted by atomic mass is 10.1. The number of aliphatic hydroxyl groups is 1. The fourth-order valence-corrected chi connectivity index (χ4v) is 2.48. The molecule has 0 aliphatic rings. The third kappa shape index (κ3) is 3.33. The number of nitrogens with one attached hydrogen (secondary N) is 1. The van der Waals surface area contributed by atoms with Crippen molar-refractivity contribution in [3.63, 3.8) is 0 Å². The van der Waals surface area contributed by atoms with Gasteiger partial charge in [-0.1, -0.05) is 24.3 Å². The summed E-state index contributed by atoms with van der Waals surface area (Å²) in [5, 5.41) is 21.6. The molecule has 0 radical (unpaired) electrons. The van der Waals surface area contributed by atoms with Crippen molar-refractivity contribution in [3.8, 4) is 6.07 Å². The zero-order valence-corrected chi connectivity index (χ0v) is 12.9. The Hall–Kier alpha value is -2.84. The molecule has 0 amide bonds. The molecule has 116 valence electrons. The van der Waals surface area contributed by atoms with Crippen molar-refractivity contribution in [1.82, 2.24) is 9.55 Å². The Morgan fingerprint density at radius 1 is 1.22 bits per heavy atom. The maximum atomic E-state index is 9.50. The summed E-state index contributed by atoms with van der Waals surface area (Å²) in [7, 11) is 0. The van der Waals surface area contributed by atoms with Crippen LogP contribution in [-0.4, -0.2) is 27.3 Å². The van der Waals surface area contributed by atoms with Gasteiger partial charge >= 0.3 is 0 Å². The van der Waals surface area contributed by atoms with E-state index in [1.807, 2.05) is 48.5 Å². The summed E-state index contributed by atoms with van der Waals surface area (Å²) in [6, 6.07) is 17.6. The Bertz CT molecular complexity index is 844. The molecule has 0 aliphatic carbocycles. The van der Waals surface area contributed by atoms with Crippen molar-refractivity contribution >= 4 is 17.0 Å². The van der Waals surface area contributed by atoms with Gasteiger partial charge in [0.1, 0.15) is 0 Å². The molecule has 0 saturated carbocycles. The van der Waals surface area contributed by atoms with Gasteiger partial charge in [-0.15, -0.1) is 0 Å². The van der Waals surface area contributed by atoms with Crippen molar-refractivity contribution in [2.45, 2.75) is 19.6 Å². The van der Waals surface area contributed by atoms with E-state index in [4.69, 9.17) is 5.26 Å². The van der Waals surface area contributed by atoms with Gasteiger partial charge < -0.3 is 15.0 Å². The molecule has 5 nitrogen and oxygen atoms in total. The van der Waals surface area contributed by atoms with Gasteiger partial charge in [0.2, 0.25) is 5.95 Å². The molecule has 1 heterocycles. The van der Waals surface area contributed by atoms with Gasteiger partial charge in [0.15, 0.2) is 0 Å². The number of anilines is 1. The smallest absolute Gasteiger partial charge is 0.204 e. The van der Waals surface area contributed by atoms with Crippen LogP contribution < -0.4 is 5.32 Å². The first-order valence-electron chi connectivity index (χ1n) is 7.53. The maximum Gasteiger partial charge on any atom is 0.204 e. The summed E-state index contributed by atoms with van der Waals surface area (Å²) in [5.74, 6) is 0.733. The standard InChI is InChI=1S/C18H18N4O/c1-13(23)11-20-18-21-16-4-2-3-5-17(16)22(18)12-15-8-6-14(10-19)7-9-15/h2-9,13,23H,11-12H2,1H3,(H,20,21)/t13-/m1/s1. The van der Waals surface area contributed by atoms with Gasteiger partial charge in [0, 0.05) is 6.54 Å². The molecular formula is C18H18N4O. The zero-order valence-electron chi connectivity index (χ0n) is 12.9. The quantitative estimate of drug-likeness (QED) is 0.760. The molecule has 2 aromatic carbocycles. The van der Waals surface area contributed by atoms with E-state index in [1.54, 1.807) is 6.92 Å². The Kier molecular flexibility index (Phi) is 4.26. The normalized spacial score (nSPS) is 12.0. The van der Waals surface area contributed by atoms with E-state index in [0.717, 1.165) is 22.5 Å². The minimum atomic E-state index is -0.446. The summed E-state index contributed by atoms with van der Waals surface area (Å²) in [4.78, 5) is 4.60. The second kappa shape index (κ2) is 6.51. The van der Waals surface area contributed by atoms with E-state index in [-0.39, 0.29) is 0 Å². The number of aromatic nitrogens is 2. The minimum absolute atomic E-state index is 0.441. The van der Waals surface area contributed by atoms with Crippen LogP contribution in [-0.2, 0) is 6.54 Å². The van der Waals surface area contributed by atoms with Gasteiger partial charge in [-0.05, 0) is 36.8 Å². The summed E-state index contributed by atoms with van der Waals surface area (Å²) >= 11 is 0. The van der Waals surface area contributed by atoms with Crippen LogP contribution in [0.1, 0.15) is 18.1 Å². The highest BCUT2D eigenvalue weighted by molar-refractivity contribution is 5.78. The van der Waals surface area contributed by atoms with E-state index in [1.165, 1.54) is 0 Å². The van der Waals surface area contributed by atoms with Gasteiger partial charge in [0.25, 0.3) is 0 Å². The first-order chi connectivity index (χ1) is 11.2. The second-order valence-corrected chi connectivity index (χ2v) is 5.55. The van der Waals surface area contributed by atoms with E-state index >= 15 is 0 Å². The fourth-order valence-electron chi connectivity index (χ4n) is 2.48. The first kappa shape index (κ1) is 15.1. The molecule has 3 aromatic rings. The summed E-state index contributed by atoms with van der Waals surface area (Å²) in [6.07, 6.45) is -0.446. The van der Waals surface area contributed by atoms with E-state index in [2.05, 4.69) is 20.9 Å². The van der Waals surface area contributed by atoms with Gasteiger partial charge in [-0.2, -0.15) is 5.26 Å². The molecule has 0 unspecified atom stereocenters. The molecule has 0 aliphatic heterocycles. The molecule has 23 heavy (non-hydrogen) atoms. The van der Waals surface area contributed by atoms with Gasteiger partial charge in [-0.3, -0.25) is 0 Å². The number of hydrogen-bond donors (Lipinski definition) is 2. The summed E-state index contributed by atoms with van der Waals surface area (Å²) in [6.45, 7) is 2.83. The molecule has 0 fully saturated rings. The van der Waals surface area contributed by atoms with Gasteiger partial charge in [0.05, 0.1) is 35.3 Å². The number of aliphatic hydroxyl groups excluding tert-OH is 1. The number of nitrogens with zero attached hydrogens (tertiary/aromatic N) is 3. The molecular weight excluding hydrogens is 288 g/mol. The Balaban J connectivity index is 1.96. The van der Waals surface area contributed by atoms with Crippen LogP contribution in [0.3, 0.4) is 0 Å². The van der Waals surface area contributed by atoms with Crippen molar-refractivity contribution < 1.29 is 5.11 Å². The van der Waals surface area contributed by atoms with E-state index < -0.39 is 6.10 Å². The third-order valence-corrected chi connectivity index (χ3v) is 3.63. The van der Waals surface area contributed by atoms with E-state index in [9.17, 15) is 5.11 Å². The topological polar surface area (TPSA) is 73.9 Å². The Morgan fingerprint density at radius 3 is 2.65 bits per heavy atom. The number of hydrogen-bond acceptors (Lipinski definition) is 4. The molecule has 0 bridgehead atoms. The number of imidazole rings is 1. The second-order valence-electron chi connectivity index (χ2n) is 5.55. The third-order valence-electron chi connectivity index (χ3n) is 3.63. The predicted octanol–water partition coefficient (Wildman–Crippen LogP) is 2.75. The lowest BCUT2D eigenvalue weighted by molar-refractivity contribution is 0.208. The summed E-state index contributed by atoms with van der Waals surface area (Å²) < 4.78 is 2.08. The average Bonchev–Trinajstić information content (AvgIpc) is 2.91. The average molecular weight is 306 g/mol. The van der Waals surface area contributed by atoms with Crippen molar-refractivity contribution in [1.29, 1.82) is 5.26 Å². The van der Waals surface area contributed by atoms with Crippen molar-refractivity contribution in [2.75, 3.05) is 11.9 Å². The Morgan fingerprint density at radius 2 is 1.96 bits per heavy atom. The van der Waals surface area contributed by atoms with Crippen LogP contribution in [0.15, 0.2) is 48.5 Å². The largest absolute Gasteiger partial charge is 0.392 e. The molecule has 1 aromatic heterocycles. The lowest BCUT2D eigenvalue weighted by Crippen LogP contribution is -2.18. The zero-order chi connectivity index (χ0) is 16.2. The monoisotopic (exact) mass is 306 g/mol. The van der Waals surface area contributed by atoms with Crippen LogP contribution in [0.4, 0.5) is 5.95 Å². The SMILES string of the molecule is C[C@@H](O)CNc1nc2ccccc2n1Cc1ccc(C#N)cc1.